The quantitative estimate of drug-likeness (QED) is 0.747. The summed E-state index contributed by atoms with van der Waals surface area (Å²) in [6, 6.07) is 16.1. The Labute approximate surface area is 141 Å². The van der Waals surface area contributed by atoms with Crippen LogP contribution in [-0.4, -0.2) is 28.9 Å². The summed E-state index contributed by atoms with van der Waals surface area (Å²) < 4.78 is 0. The maximum atomic E-state index is 12.7. The molecule has 1 N–H and O–H groups in total. The second kappa shape index (κ2) is 6.00. The fourth-order valence-corrected chi connectivity index (χ4v) is 3.42. The van der Waals surface area contributed by atoms with Crippen LogP contribution in [0, 0.1) is 6.92 Å². The fraction of sp³-hybridized carbons (Fsp3) is 0.190. The lowest BCUT2D eigenvalue weighted by molar-refractivity contribution is 0.0772. The predicted octanol–water partition coefficient (Wildman–Crippen LogP) is 4.41. The van der Waals surface area contributed by atoms with Crippen molar-refractivity contribution in [3.8, 4) is 0 Å². The van der Waals surface area contributed by atoms with Gasteiger partial charge in [-0.15, -0.1) is 0 Å². The number of carbonyl (C=O) groups is 1. The lowest BCUT2D eigenvalue weighted by Crippen LogP contribution is -2.35. The first-order valence-electron chi connectivity index (χ1n) is 8.34. The number of aromatic amines is 1. The Morgan fingerprint density at radius 3 is 2.67 bits per heavy atom. The second-order valence-electron chi connectivity index (χ2n) is 6.29. The third kappa shape index (κ3) is 2.52. The topological polar surface area (TPSA) is 36.1 Å². The largest absolute Gasteiger partial charge is 0.361 e. The first kappa shape index (κ1) is 14.8. The number of carbonyl (C=O) groups excluding carboxylic acids is 1. The highest BCUT2D eigenvalue weighted by atomic mass is 16.2. The molecule has 0 spiro atoms. The zero-order valence-corrected chi connectivity index (χ0v) is 13.8. The van der Waals surface area contributed by atoms with Crippen LogP contribution >= 0.6 is 0 Å². The highest BCUT2D eigenvalue weighted by Crippen LogP contribution is 2.29. The fourth-order valence-electron chi connectivity index (χ4n) is 3.42. The van der Waals surface area contributed by atoms with E-state index >= 15 is 0 Å². The van der Waals surface area contributed by atoms with Crippen molar-refractivity contribution in [3.63, 3.8) is 0 Å². The van der Waals surface area contributed by atoms with E-state index in [2.05, 4.69) is 35.5 Å². The van der Waals surface area contributed by atoms with E-state index in [4.69, 9.17) is 0 Å². The number of nitrogens with zero attached hydrogens (tertiary/aromatic N) is 1. The van der Waals surface area contributed by atoms with Crippen molar-refractivity contribution in [1.82, 2.24) is 9.88 Å². The van der Waals surface area contributed by atoms with Crippen molar-refractivity contribution in [2.24, 2.45) is 0 Å². The summed E-state index contributed by atoms with van der Waals surface area (Å²) in [5.74, 6) is 0.127. The van der Waals surface area contributed by atoms with Gasteiger partial charge in [-0.05, 0) is 36.6 Å². The summed E-state index contributed by atoms with van der Waals surface area (Å²) in [6.07, 6.45) is 5.16. The normalized spacial score (nSPS) is 14.7. The van der Waals surface area contributed by atoms with E-state index in [1.165, 1.54) is 16.5 Å². The summed E-state index contributed by atoms with van der Waals surface area (Å²) in [5.41, 5.74) is 5.58. The minimum absolute atomic E-state index is 0.127. The van der Waals surface area contributed by atoms with Crippen LogP contribution < -0.4 is 0 Å². The molecule has 24 heavy (non-hydrogen) atoms. The third-order valence-electron chi connectivity index (χ3n) is 4.81. The van der Waals surface area contributed by atoms with E-state index in [1.54, 1.807) is 0 Å². The van der Waals surface area contributed by atoms with E-state index < -0.39 is 0 Å². The van der Waals surface area contributed by atoms with Crippen molar-refractivity contribution >= 4 is 22.4 Å². The Morgan fingerprint density at radius 1 is 1.08 bits per heavy atom. The smallest absolute Gasteiger partial charge is 0.254 e. The number of nitrogens with one attached hydrogen (secondary N) is 1. The van der Waals surface area contributed by atoms with Gasteiger partial charge in [-0.3, -0.25) is 4.79 Å². The number of H-pyrrole nitrogens is 1. The van der Waals surface area contributed by atoms with Gasteiger partial charge in [0.2, 0.25) is 0 Å². The number of aromatic nitrogens is 1. The summed E-state index contributed by atoms with van der Waals surface area (Å²) >= 11 is 0. The van der Waals surface area contributed by atoms with Crippen LogP contribution in [-0.2, 0) is 0 Å². The molecule has 3 heteroatoms. The van der Waals surface area contributed by atoms with Crippen LogP contribution in [0.1, 0.15) is 27.9 Å². The van der Waals surface area contributed by atoms with Gasteiger partial charge in [-0.2, -0.15) is 0 Å². The van der Waals surface area contributed by atoms with E-state index in [0.29, 0.717) is 6.54 Å². The van der Waals surface area contributed by atoms with Gasteiger partial charge in [-0.1, -0.05) is 42.5 Å². The Hall–Kier alpha value is -2.81. The summed E-state index contributed by atoms with van der Waals surface area (Å²) in [5, 5.41) is 1.25. The number of hydrogen-bond donors (Lipinski definition) is 1. The van der Waals surface area contributed by atoms with Crippen LogP contribution in [0.15, 0.2) is 60.8 Å². The first-order valence-corrected chi connectivity index (χ1v) is 8.34. The molecule has 0 saturated heterocycles. The Morgan fingerprint density at radius 2 is 1.88 bits per heavy atom. The molecule has 0 radical (unpaired) electrons. The van der Waals surface area contributed by atoms with Gasteiger partial charge in [-0.25, -0.2) is 0 Å². The molecule has 1 aliphatic rings. The molecule has 3 aromatic rings. The molecule has 0 bridgehead atoms. The van der Waals surface area contributed by atoms with Crippen LogP contribution in [0.5, 0.6) is 0 Å². The zero-order chi connectivity index (χ0) is 16.5. The first-order chi connectivity index (χ1) is 11.7. The van der Waals surface area contributed by atoms with Crippen molar-refractivity contribution in [2.45, 2.75) is 13.3 Å². The van der Waals surface area contributed by atoms with Gasteiger partial charge in [0.05, 0.1) is 0 Å². The molecule has 120 valence electrons. The molecular weight excluding hydrogens is 296 g/mol. The number of rotatable bonds is 2. The van der Waals surface area contributed by atoms with Gasteiger partial charge in [0.25, 0.3) is 5.91 Å². The molecule has 2 aromatic carbocycles. The van der Waals surface area contributed by atoms with Gasteiger partial charge < -0.3 is 9.88 Å². The third-order valence-corrected chi connectivity index (χ3v) is 4.81. The van der Waals surface area contributed by atoms with Crippen LogP contribution in [0.3, 0.4) is 0 Å². The minimum atomic E-state index is 0.127. The number of fused-ring (bicyclic) bond motifs is 1. The Balaban J connectivity index is 1.57. The van der Waals surface area contributed by atoms with Crippen molar-refractivity contribution in [2.75, 3.05) is 13.1 Å². The Bertz CT molecular complexity index is 936. The van der Waals surface area contributed by atoms with Gasteiger partial charge in [0, 0.05) is 41.3 Å². The summed E-state index contributed by atoms with van der Waals surface area (Å²) in [6.45, 7) is 3.42. The minimum Gasteiger partial charge on any atom is -0.361 e. The van der Waals surface area contributed by atoms with Crippen molar-refractivity contribution in [1.29, 1.82) is 0 Å². The monoisotopic (exact) mass is 316 g/mol. The van der Waals surface area contributed by atoms with Crippen LogP contribution in [0.25, 0.3) is 16.5 Å². The van der Waals surface area contributed by atoms with E-state index in [0.717, 1.165) is 29.6 Å². The predicted molar refractivity (Wildman–Crippen MR) is 98.0 cm³/mol. The van der Waals surface area contributed by atoms with Crippen LogP contribution in [0.2, 0.25) is 0 Å². The molecule has 0 saturated carbocycles. The highest BCUT2D eigenvalue weighted by molar-refractivity contribution is 5.97. The zero-order valence-electron chi connectivity index (χ0n) is 13.8. The van der Waals surface area contributed by atoms with E-state index in [-0.39, 0.29) is 5.91 Å². The van der Waals surface area contributed by atoms with Gasteiger partial charge in [0.15, 0.2) is 0 Å². The molecule has 3 nitrogen and oxygen atoms in total. The molecule has 0 aliphatic carbocycles. The molecule has 1 amide bonds. The maximum absolute atomic E-state index is 12.7. The van der Waals surface area contributed by atoms with Gasteiger partial charge >= 0.3 is 0 Å². The molecule has 1 aliphatic heterocycles. The molecule has 0 unspecified atom stereocenters. The number of hydrogen-bond acceptors (Lipinski definition) is 1. The number of aryl methyl sites for hydroxylation is 1. The molecule has 0 fully saturated rings. The average Bonchev–Trinajstić information content (AvgIpc) is 3.06. The molecule has 2 heterocycles. The summed E-state index contributed by atoms with van der Waals surface area (Å²) in [4.78, 5) is 18.0. The van der Waals surface area contributed by atoms with Crippen molar-refractivity contribution < 1.29 is 4.79 Å². The molecule has 4 rings (SSSR count). The lowest BCUT2D eigenvalue weighted by Gasteiger charge is -2.27. The van der Waals surface area contributed by atoms with E-state index in [9.17, 15) is 4.79 Å². The van der Waals surface area contributed by atoms with E-state index in [1.807, 2.05) is 42.2 Å². The standard InChI is InChI=1S/C21H20N2O/c1-15-6-2-3-7-17(15)21(24)23-12-10-16(11-13-23)19-14-22-20-9-5-4-8-18(19)20/h2-10,14,22H,11-13H2,1H3. The maximum Gasteiger partial charge on any atom is 0.254 e. The van der Waals surface area contributed by atoms with Gasteiger partial charge in [0.1, 0.15) is 0 Å². The molecular formula is C21H20N2O. The summed E-state index contributed by atoms with van der Waals surface area (Å²) in [7, 11) is 0. The van der Waals surface area contributed by atoms with Crippen molar-refractivity contribution in [3.05, 3.63) is 77.5 Å². The number of amides is 1. The Kier molecular flexibility index (Phi) is 3.69. The lowest BCUT2D eigenvalue weighted by atomic mass is 9.98. The SMILES string of the molecule is Cc1ccccc1C(=O)N1CC=C(c2c[nH]c3ccccc23)CC1. The number of benzene rings is 2. The molecule has 1 aromatic heterocycles. The average molecular weight is 316 g/mol. The highest BCUT2D eigenvalue weighted by Gasteiger charge is 2.21. The second-order valence-corrected chi connectivity index (χ2v) is 6.29. The molecule has 0 atom stereocenters. The van der Waals surface area contributed by atoms with Crippen LogP contribution in [0.4, 0.5) is 0 Å². The number of para-hydroxylation sites is 1.